The van der Waals surface area contributed by atoms with Crippen molar-refractivity contribution in [2.75, 3.05) is 5.32 Å². The largest absolute Gasteiger partial charge is 0.316 e. The lowest BCUT2D eigenvalue weighted by Crippen LogP contribution is -2.24. The number of amides is 1. The zero-order valence-corrected chi connectivity index (χ0v) is 18.0. The summed E-state index contributed by atoms with van der Waals surface area (Å²) in [6.07, 6.45) is 0. The summed E-state index contributed by atoms with van der Waals surface area (Å²) in [5.41, 5.74) is 0.142. The molecule has 0 saturated heterocycles. The van der Waals surface area contributed by atoms with Gasteiger partial charge in [0.1, 0.15) is 10.6 Å². The number of rotatable bonds is 7. The van der Waals surface area contributed by atoms with Gasteiger partial charge >= 0.3 is 0 Å². The summed E-state index contributed by atoms with van der Waals surface area (Å²) < 4.78 is 27.9. The van der Waals surface area contributed by atoms with Crippen LogP contribution in [0.1, 0.15) is 15.9 Å². The van der Waals surface area contributed by atoms with Gasteiger partial charge in [0.25, 0.3) is 11.6 Å². The lowest BCUT2D eigenvalue weighted by atomic mass is 10.2. The second-order valence-electron chi connectivity index (χ2n) is 6.30. The maximum Gasteiger partial charge on any atom is 0.292 e. The molecule has 1 amide bonds. The number of halogens is 2. The van der Waals surface area contributed by atoms with E-state index in [0.717, 1.165) is 17.7 Å². The van der Waals surface area contributed by atoms with Gasteiger partial charge in [0.05, 0.1) is 20.5 Å². The van der Waals surface area contributed by atoms with Gasteiger partial charge in [-0.2, -0.15) is 0 Å². The molecule has 0 fully saturated rings. The van der Waals surface area contributed by atoms with Crippen LogP contribution in [-0.2, 0) is 16.6 Å². The molecule has 3 rings (SSSR count). The highest BCUT2D eigenvalue weighted by Crippen LogP contribution is 2.30. The van der Waals surface area contributed by atoms with E-state index in [0.29, 0.717) is 0 Å². The Balaban J connectivity index is 1.90. The molecule has 31 heavy (non-hydrogen) atoms. The molecule has 11 heteroatoms. The summed E-state index contributed by atoms with van der Waals surface area (Å²) in [4.78, 5) is 22.9. The van der Waals surface area contributed by atoms with Gasteiger partial charge in [-0.15, -0.1) is 0 Å². The Kier molecular flexibility index (Phi) is 6.91. The number of sulfonamides is 1. The standard InChI is InChI=1S/C20H15Cl2N3O5S/c21-15-11-16(22)19(31(29,30)23-12-13-6-2-1-3-7-13)10-14(15)20(26)24-17-8-4-5-9-18(17)25(27)28/h1-11,23H,12H2,(H,24,26). The number of hydrogen-bond donors (Lipinski definition) is 2. The molecule has 0 aliphatic carbocycles. The number of nitrogens with one attached hydrogen (secondary N) is 2. The van der Waals surface area contributed by atoms with E-state index in [1.54, 1.807) is 30.3 Å². The summed E-state index contributed by atoms with van der Waals surface area (Å²) in [5, 5.41) is 13.2. The zero-order chi connectivity index (χ0) is 22.6. The molecule has 8 nitrogen and oxygen atoms in total. The van der Waals surface area contributed by atoms with E-state index >= 15 is 0 Å². The minimum atomic E-state index is -4.09. The summed E-state index contributed by atoms with van der Waals surface area (Å²) in [5.74, 6) is -0.824. The Morgan fingerprint density at radius 1 is 0.968 bits per heavy atom. The predicted octanol–water partition coefficient (Wildman–Crippen LogP) is 4.63. The van der Waals surface area contributed by atoms with Gasteiger partial charge in [-0.25, -0.2) is 13.1 Å². The molecule has 160 valence electrons. The lowest BCUT2D eigenvalue weighted by Gasteiger charge is -2.12. The van der Waals surface area contributed by atoms with Crippen LogP contribution in [0.2, 0.25) is 10.0 Å². The number of benzene rings is 3. The first kappa shape index (κ1) is 22.7. The van der Waals surface area contributed by atoms with Crippen LogP contribution in [0.5, 0.6) is 0 Å². The minimum absolute atomic E-state index is 0.0138. The quantitative estimate of drug-likeness (QED) is 0.378. The SMILES string of the molecule is O=C(Nc1ccccc1[N+](=O)[O-])c1cc(S(=O)(=O)NCc2ccccc2)c(Cl)cc1Cl. The molecule has 0 heterocycles. The smallest absolute Gasteiger partial charge is 0.292 e. The second-order valence-corrected chi connectivity index (χ2v) is 8.85. The second kappa shape index (κ2) is 9.44. The Labute approximate surface area is 188 Å². The average molecular weight is 480 g/mol. The third kappa shape index (κ3) is 5.39. The van der Waals surface area contributed by atoms with Gasteiger partial charge in [0.2, 0.25) is 10.0 Å². The van der Waals surface area contributed by atoms with Crippen LogP contribution in [0.25, 0.3) is 0 Å². The third-order valence-electron chi connectivity index (χ3n) is 4.21. The van der Waals surface area contributed by atoms with Crippen LogP contribution in [0.15, 0.2) is 71.6 Å². The van der Waals surface area contributed by atoms with Crippen molar-refractivity contribution in [2.45, 2.75) is 11.4 Å². The lowest BCUT2D eigenvalue weighted by molar-refractivity contribution is -0.383. The molecule has 0 bridgehead atoms. The highest BCUT2D eigenvalue weighted by molar-refractivity contribution is 7.89. The normalized spacial score (nSPS) is 11.2. The molecule has 0 atom stereocenters. The van der Waals surface area contributed by atoms with Gasteiger partial charge in [-0.05, 0) is 23.8 Å². The molecule has 0 aliphatic rings. The Hall–Kier alpha value is -2.98. The first-order valence-corrected chi connectivity index (χ1v) is 11.0. The highest BCUT2D eigenvalue weighted by atomic mass is 35.5. The maximum atomic E-state index is 12.8. The number of nitrogens with zero attached hydrogens (tertiary/aromatic N) is 1. The molecular formula is C20H15Cl2N3O5S. The van der Waals surface area contributed by atoms with Gasteiger partial charge in [-0.3, -0.25) is 14.9 Å². The first-order valence-electron chi connectivity index (χ1n) is 8.76. The summed E-state index contributed by atoms with van der Waals surface area (Å²) in [7, 11) is -4.09. The zero-order valence-electron chi connectivity index (χ0n) is 15.7. The van der Waals surface area contributed by atoms with Crippen molar-refractivity contribution < 1.29 is 18.1 Å². The number of anilines is 1. The van der Waals surface area contributed by atoms with E-state index in [1.807, 2.05) is 0 Å². The highest BCUT2D eigenvalue weighted by Gasteiger charge is 2.24. The Morgan fingerprint density at radius 3 is 2.29 bits per heavy atom. The Morgan fingerprint density at radius 2 is 1.61 bits per heavy atom. The number of nitro groups is 1. The molecular weight excluding hydrogens is 465 g/mol. The van der Waals surface area contributed by atoms with Gasteiger partial charge < -0.3 is 5.32 Å². The molecule has 0 radical (unpaired) electrons. The fraction of sp³-hybridized carbons (Fsp3) is 0.0500. The van der Waals surface area contributed by atoms with E-state index in [9.17, 15) is 23.3 Å². The van der Waals surface area contributed by atoms with E-state index in [-0.39, 0.29) is 38.4 Å². The molecule has 2 N–H and O–H groups in total. The van der Waals surface area contributed by atoms with Gasteiger partial charge in [0.15, 0.2) is 0 Å². The molecule has 0 aromatic heterocycles. The van der Waals surface area contributed by atoms with Crippen molar-refractivity contribution >= 4 is 50.5 Å². The van der Waals surface area contributed by atoms with Crippen LogP contribution in [0.3, 0.4) is 0 Å². The summed E-state index contributed by atoms with van der Waals surface area (Å²) in [6, 6.07) is 16.5. The van der Waals surface area contributed by atoms with Crippen molar-refractivity contribution in [1.82, 2.24) is 4.72 Å². The minimum Gasteiger partial charge on any atom is -0.316 e. The van der Waals surface area contributed by atoms with Gasteiger partial charge in [-0.1, -0.05) is 65.7 Å². The predicted molar refractivity (Wildman–Crippen MR) is 118 cm³/mol. The fourth-order valence-electron chi connectivity index (χ4n) is 2.69. The van der Waals surface area contributed by atoms with E-state index in [2.05, 4.69) is 10.0 Å². The summed E-state index contributed by atoms with van der Waals surface area (Å²) >= 11 is 12.2. The first-order chi connectivity index (χ1) is 14.7. The van der Waals surface area contributed by atoms with Gasteiger partial charge in [0, 0.05) is 12.6 Å². The van der Waals surface area contributed by atoms with Crippen molar-refractivity contribution in [3.63, 3.8) is 0 Å². The molecule has 0 aliphatic heterocycles. The fourth-order valence-corrected chi connectivity index (χ4v) is 4.56. The van der Waals surface area contributed by atoms with Crippen LogP contribution in [0, 0.1) is 10.1 Å². The molecule has 3 aromatic rings. The molecule has 0 saturated carbocycles. The number of hydrogen-bond acceptors (Lipinski definition) is 5. The number of para-hydroxylation sites is 2. The Bertz CT molecular complexity index is 1250. The van der Waals surface area contributed by atoms with Crippen LogP contribution in [0.4, 0.5) is 11.4 Å². The monoisotopic (exact) mass is 479 g/mol. The molecule has 0 spiro atoms. The third-order valence-corrected chi connectivity index (χ3v) is 6.39. The molecule has 0 unspecified atom stereocenters. The van der Waals surface area contributed by atoms with Crippen LogP contribution in [-0.4, -0.2) is 19.2 Å². The number of carbonyl (C=O) groups excluding carboxylic acids is 1. The average Bonchev–Trinajstić information content (AvgIpc) is 2.73. The summed E-state index contributed by atoms with van der Waals surface area (Å²) in [6.45, 7) is 0.0138. The molecule has 3 aromatic carbocycles. The van der Waals surface area contributed by atoms with Crippen molar-refractivity contribution in [3.05, 3.63) is 98.0 Å². The topological polar surface area (TPSA) is 118 Å². The van der Waals surface area contributed by atoms with Crippen LogP contribution < -0.4 is 10.0 Å². The van der Waals surface area contributed by atoms with E-state index < -0.39 is 20.9 Å². The number of carbonyl (C=O) groups is 1. The van der Waals surface area contributed by atoms with Crippen LogP contribution >= 0.6 is 23.2 Å². The van der Waals surface area contributed by atoms with Crippen molar-refractivity contribution in [1.29, 1.82) is 0 Å². The number of nitro benzene ring substituents is 1. The maximum absolute atomic E-state index is 12.8. The van der Waals surface area contributed by atoms with Crippen molar-refractivity contribution in [3.8, 4) is 0 Å². The van der Waals surface area contributed by atoms with E-state index in [4.69, 9.17) is 23.2 Å². The van der Waals surface area contributed by atoms with E-state index in [1.165, 1.54) is 24.3 Å². The van der Waals surface area contributed by atoms with Crippen molar-refractivity contribution in [2.24, 2.45) is 0 Å².